The SMILES string of the molecule is C1CC1.CCC.FC(F)(F)c1ccccc1. The molecule has 16 heavy (non-hydrogen) atoms. The highest BCUT2D eigenvalue weighted by atomic mass is 19.4. The maximum Gasteiger partial charge on any atom is 0.416 e. The highest BCUT2D eigenvalue weighted by Gasteiger charge is 2.29. The number of halogens is 3. The molecule has 1 aliphatic carbocycles. The van der Waals surface area contributed by atoms with E-state index in [0.29, 0.717) is 0 Å². The lowest BCUT2D eigenvalue weighted by molar-refractivity contribution is -0.137. The van der Waals surface area contributed by atoms with Crippen LogP contribution in [-0.4, -0.2) is 0 Å². The Morgan fingerprint density at radius 1 is 0.938 bits per heavy atom. The van der Waals surface area contributed by atoms with Crippen LogP contribution in [0.4, 0.5) is 13.2 Å². The molecule has 1 fully saturated rings. The summed E-state index contributed by atoms with van der Waals surface area (Å²) in [5.74, 6) is 0. The number of rotatable bonds is 0. The molecule has 2 rings (SSSR count). The molecule has 92 valence electrons. The first-order chi connectivity index (χ1) is 7.52. The minimum absolute atomic E-state index is 0.602. The van der Waals surface area contributed by atoms with Gasteiger partial charge in [-0.2, -0.15) is 13.2 Å². The lowest BCUT2D eigenvalue weighted by Gasteiger charge is -2.03. The van der Waals surface area contributed by atoms with Crippen LogP contribution in [0, 0.1) is 0 Å². The third-order valence-electron chi connectivity index (χ3n) is 1.45. The summed E-state index contributed by atoms with van der Waals surface area (Å²) in [5, 5.41) is 0. The summed E-state index contributed by atoms with van der Waals surface area (Å²) in [6, 6.07) is 6.36. The molecule has 0 atom stereocenters. The van der Waals surface area contributed by atoms with Gasteiger partial charge in [0.15, 0.2) is 0 Å². The predicted molar refractivity (Wildman–Crippen MR) is 61.3 cm³/mol. The summed E-state index contributed by atoms with van der Waals surface area (Å²) >= 11 is 0. The van der Waals surface area contributed by atoms with Crippen molar-refractivity contribution in [3.05, 3.63) is 35.9 Å². The second-order valence-corrected chi connectivity index (χ2v) is 3.63. The van der Waals surface area contributed by atoms with E-state index in [1.165, 1.54) is 37.8 Å². The van der Waals surface area contributed by atoms with Crippen molar-refractivity contribution in [2.75, 3.05) is 0 Å². The Hall–Kier alpha value is -0.990. The van der Waals surface area contributed by atoms with Gasteiger partial charge < -0.3 is 0 Å². The van der Waals surface area contributed by atoms with Gasteiger partial charge in [0.2, 0.25) is 0 Å². The molecular weight excluding hydrogens is 213 g/mol. The number of alkyl halides is 3. The van der Waals surface area contributed by atoms with Crippen LogP contribution in [0.1, 0.15) is 45.1 Å². The van der Waals surface area contributed by atoms with Crippen molar-refractivity contribution in [2.24, 2.45) is 0 Å². The van der Waals surface area contributed by atoms with Crippen LogP contribution in [0.25, 0.3) is 0 Å². The van der Waals surface area contributed by atoms with Gasteiger partial charge in [0, 0.05) is 0 Å². The predicted octanol–water partition coefficient (Wildman–Crippen LogP) is 5.29. The number of hydrogen-bond acceptors (Lipinski definition) is 0. The Morgan fingerprint density at radius 3 is 1.50 bits per heavy atom. The molecule has 1 saturated carbocycles. The molecule has 1 aliphatic rings. The summed E-state index contributed by atoms with van der Waals surface area (Å²) < 4.78 is 35.4. The third kappa shape index (κ3) is 9.56. The molecule has 1 aromatic rings. The van der Waals surface area contributed by atoms with Crippen LogP contribution in [0.3, 0.4) is 0 Å². The molecule has 1 aromatic carbocycles. The van der Waals surface area contributed by atoms with Crippen LogP contribution in [0.5, 0.6) is 0 Å². The molecule has 0 spiro atoms. The number of benzene rings is 1. The molecule has 0 aromatic heterocycles. The second kappa shape index (κ2) is 8.20. The van der Waals surface area contributed by atoms with Gasteiger partial charge >= 0.3 is 6.18 Å². The van der Waals surface area contributed by atoms with Gasteiger partial charge in [-0.05, 0) is 0 Å². The first-order valence-electron chi connectivity index (χ1n) is 5.64. The highest BCUT2D eigenvalue weighted by Crippen LogP contribution is 2.28. The average Bonchev–Trinajstić information content (AvgIpc) is 3.06. The monoisotopic (exact) mass is 232 g/mol. The maximum atomic E-state index is 11.8. The van der Waals surface area contributed by atoms with Crippen molar-refractivity contribution in [1.82, 2.24) is 0 Å². The van der Waals surface area contributed by atoms with Gasteiger partial charge in [-0.3, -0.25) is 0 Å². The van der Waals surface area contributed by atoms with Gasteiger partial charge in [0.05, 0.1) is 5.56 Å². The van der Waals surface area contributed by atoms with Crippen molar-refractivity contribution in [3.63, 3.8) is 0 Å². The molecular formula is C13H19F3. The third-order valence-corrected chi connectivity index (χ3v) is 1.45. The van der Waals surface area contributed by atoms with E-state index >= 15 is 0 Å². The summed E-state index contributed by atoms with van der Waals surface area (Å²) in [5.41, 5.74) is -0.602. The average molecular weight is 232 g/mol. The fourth-order valence-corrected chi connectivity index (χ4v) is 0.627. The molecule has 0 saturated heterocycles. The van der Waals surface area contributed by atoms with Crippen molar-refractivity contribution >= 4 is 0 Å². The van der Waals surface area contributed by atoms with Crippen LogP contribution >= 0.6 is 0 Å². The summed E-state index contributed by atoms with van der Waals surface area (Å²) in [7, 11) is 0. The van der Waals surface area contributed by atoms with E-state index < -0.39 is 11.7 Å². The highest BCUT2D eigenvalue weighted by molar-refractivity contribution is 5.17. The second-order valence-electron chi connectivity index (χ2n) is 3.63. The standard InChI is InChI=1S/C7H5F3.C3H6.C3H8/c8-7(9,10)6-4-2-1-3-5-6;1-2-3-1;1-3-2/h1-5H;1-3H2;3H2,1-2H3. The van der Waals surface area contributed by atoms with Gasteiger partial charge in [0.1, 0.15) is 0 Å². The molecule has 0 unspecified atom stereocenters. The van der Waals surface area contributed by atoms with Crippen molar-refractivity contribution in [2.45, 2.75) is 45.7 Å². The molecule has 0 aliphatic heterocycles. The van der Waals surface area contributed by atoms with E-state index in [-0.39, 0.29) is 0 Å². The molecule has 3 heteroatoms. The van der Waals surface area contributed by atoms with Crippen LogP contribution in [-0.2, 0) is 6.18 Å². The topological polar surface area (TPSA) is 0 Å². The van der Waals surface area contributed by atoms with Gasteiger partial charge in [-0.25, -0.2) is 0 Å². The zero-order valence-electron chi connectivity index (χ0n) is 9.85. The minimum Gasteiger partial charge on any atom is -0.166 e. The zero-order valence-corrected chi connectivity index (χ0v) is 9.85. The van der Waals surface area contributed by atoms with E-state index in [1.54, 1.807) is 6.07 Å². The van der Waals surface area contributed by atoms with Gasteiger partial charge in [-0.15, -0.1) is 0 Å². The van der Waals surface area contributed by atoms with E-state index in [1.807, 2.05) is 0 Å². The van der Waals surface area contributed by atoms with Crippen LogP contribution < -0.4 is 0 Å². The maximum absolute atomic E-state index is 11.8. The van der Waals surface area contributed by atoms with Gasteiger partial charge in [-0.1, -0.05) is 69.9 Å². The first-order valence-corrected chi connectivity index (χ1v) is 5.64. The Balaban J connectivity index is 0.000000308. The van der Waals surface area contributed by atoms with Crippen LogP contribution in [0.15, 0.2) is 30.3 Å². The van der Waals surface area contributed by atoms with E-state index in [2.05, 4.69) is 13.8 Å². The molecule has 0 amide bonds. The summed E-state index contributed by atoms with van der Waals surface area (Å²) in [6.45, 7) is 4.25. The Kier molecular flexibility index (Phi) is 7.69. The molecule has 0 nitrogen and oxygen atoms in total. The quantitative estimate of drug-likeness (QED) is 0.570. The Labute approximate surface area is 95.5 Å². The molecule has 0 heterocycles. The zero-order chi connectivity index (χ0) is 12.4. The fraction of sp³-hybridized carbons (Fsp3) is 0.538. The van der Waals surface area contributed by atoms with Crippen molar-refractivity contribution < 1.29 is 13.2 Å². The van der Waals surface area contributed by atoms with E-state index in [9.17, 15) is 13.2 Å². The molecule has 0 bridgehead atoms. The largest absolute Gasteiger partial charge is 0.416 e. The normalized spacial score (nSPS) is 12.8. The lowest BCUT2D eigenvalue weighted by Crippen LogP contribution is -2.03. The molecule has 0 N–H and O–H groups in total. The van der Waals surface area contributed by atoms with Crippen molar-refractivity contribution in [1.29, 1.82) is 0 Å². The minimum atomic E-state index is -4.21. The fourth-order valence-electron chi connectivity index (χ4n) is 0.627. The Bertz CT molecular complexity index is 247. The summed E-state index contributed by atoms with van der Waals surface area (Å²) in [6.07, 6.45) is 1.54. The Morgan fingerprint density at radius 2 is 1.31 bits per heavy atom. The number of hydrogen-bond donors (Lipinski definition) is 0. The van der Waals surface area contributed by atoms with Crippen molar-refractivity contribution in [3.8, 4) is 0 Å². The first kappa shape index (κ1) is 15.0. The van der Waals surface area contributed by atoms with Crippen LogP contribution in [0.2, 0.25) is 0 Å². The van der Waals surface area contributed by atoms with Gasteiger partial charge in [0.25, 0.3) is 0 Å². The van der Waals surface area contributed by atoms with E-state index in [4.69, 9.17) is 0 Å². The molecule has 0 radical (unpaired) electrons. The smallest absolute Gasteiger partial charge is 0.166 e. The lowest BCUT2D eigenvalue weighted by atomic mass is 10.2. The van der Waals surface area contributed by atoms with E-state index in [0.717, 1.165) is 12.1 Å². The summed E-state index contributed by atoms with van der Waals surface area (Å²) in [4.78, 5) is 0.